The predicted octanol–water partition coefficient (Wildman–Crippen LogP) is 12.6. The van der Waals surface area contributed by atoms with Crippen molar-refractivity contribution >= 4 is 11.9 Å². The zero-order valence-corrected chi connectivity index (χ0v) is 32.9. The van der Waals surface area contributed by atoms with E-state index in [9.17, 15) is 14.7 Å². The van der Waals surface area contributed by atoms with Crippen LogP contribution < -0.4 is 0 Å². The fourth-order valence-corrected chi connectivity index (χ4v) is 4.40. The molecule has 0 aliphatic rings. The van der Waals surface area contributed by atoms with Gasteiger partial charge >= 0.3 is 11.9 Å². The van der Waals surface area contributed by atoms with Crippen molar-refractivity contribution in [3.05, 3.63) is 146 Å². The Kier molecular flexibility index (Phi) is 38.8. The monoisotopic (exact) mass is 727 g/mol. The number of ether oxygens (including phenoxy) is 2. The zero-order valence-electron chi connectivity index (χ0n) is 32.9. The molecular formula is C48H70O5. The molecule has 0 atom stereocenters. The average molecular weight is 727 g/mol. The largest absolute Gasteiger partial charge is 0.465 e. The van der Waals surface area contributed by atoms with Crippen LogP contribution in [0.25, 0.3) is 0 Å². The van der Waals surface area contributed by atoms with E-state index in [-0.39, 0.29) is 44.6 Å². The quantitative estimate of drug-likeness (QED) is 0.0538. The van der Waals surface area contributed by atoms with Gasteiger partial charge < -0.3 is 14.6 Å². The molecule has 5 nitrogen and oxygen atoms in total. The van der Waals surface area contributed by atoms with Gasteiger partial charge in [-0.05, 0) is 89.9 Å². The van der Waals surface area contributed by atoms with E-state index in [4.69, 9.17) is 9.47 Å². The Balaban J connectivity index is 3.85. The Bertz CT molecular complexity index is 1140. The highest BCUT2D eigenvalue weighted by Gasteiger charge is 2.13. The molecule has 0 aromatic carbocycles. The summed E-state index contributed by atoms with van der Waals surface area (Å²) in [6.07, 6.45) is 64.8. The van der Waals surface area contributed by atoms with E-state index in [0.29, 0.717) is 12.8 Å². The number of rotatable bonds is 33. The zero-order chi connectivity index (χ0) is 38.6. The van der Waals surface area contributed by atoms with Gasteiger partial charge in [0.1, 0.15) is 0 Å². The Morgan fingerprint density at radius 2 is 0.623 bits per heavy atom. The molecule has 0 bridgehead atoms. The molecule has 53 heavy (non-hydrogen) atoms. The molecule has 0 saturated carbocycles. The SMILES string of the molecule is CC/C=C\C/C=C\C/C=C\C/C=C\C/C=C\C/C=C\CCC(=O)OCC(CO)COC(=O)CC/C=C\C/C=C\C/C=C\C/C=C\C/C=C\C/C=C\CC. The molecule has 0 fully saturated rings. The van der Waals surface area contributed by atoms with Gasteiger partial charge in [0, 0.05) is 12.8 Å². The Morgan fingerprint density at radius 1 is 0.396 bits per heavy atom. The van der Waals surface area contributed by atoms with Crippen LogP contribution in [0.3, 0.4) is 0 Å². The molecule has 0 aliphatic heterocycles. The molecule has 0 aliphatic carbocycles. The summed E-state index contributed by atoms with van der Waals surface area (Å²) < 4.78 is 10.6. The van der Waals surface area contributed by atoms with Gasteiger partial charge in [0.05, 0.1) is 25.7 Å². The van der Waals surface area contributed by atoms with Crippen molar-refractivity contribution in [1.29, 1.82) is 0 Å². The van der Waals surface area contributed by atoms with Crippen LogP contribution in [-0.2, 0) is 19.1 Å². The molecule has 0 rings (SSSR count). The van der Waals surface area contributed by atoms with Crippen LogP contribution >= 0.6 is 0 Å². The van der Waals surface area contributed by atoms with Crippen molar-refractivity contribution < 1.29 is 24.2 Å². The van der Waals surface area contributed by atoms with Gasteiger partial charge in [-0.3, -0.25) is 9.59 Å². The molecule has 0 aromatic rings. The van der Waals surface area contributed by atoms with Crippen LogP contribution in [0, 0.1) is 5.92 Å². The van der Waals surface area contributed by atoms with Crippen LogP contribution in [0.5, 0.6) is 0 Å². The van der Waals surface area contributed by atoms with Gasteiger partial charge in [0.15, 0.2) is 0 Å². The minimum Gasteiger partial charge on any atom is -0.465 e. The fraction of sp³-hybridized carbons (Fsp3) is 0.458. The second-order valence-corrected chi connectivity index (χ2v) is 12.3. The van der Waals surface area contributed by atoms with Crippen LogP contribution in [0.1, 0.15) is 117 Å². The molecule has 5 heteroatoms. The highest BCUT2D eigenvalue weighted by atomic mass is 16.5. The third kappa shape index (κ3) is 40.4. The van der Waals surface area contributed by atoms with Crippen LogP contribution in [-0.4, -0.2) is 36.9 Å². The Labute approximate surface area is 323 Å². The molecule has 0 heterocycles. The highest BCUT2D eigenvalue weighted by Crippen LogP contribution is 2.05. The molecule has 0 unspecified atom stereocenters. The summed E-state index contributed by atoms with van der Waals surface area (Å²) in [6.45, 7) is 4.12. The first-order chi connectivity index (χ1) is 26.1. The molecule has 0 amide bonds. The number of hydrogen-bond acceptors (Lipinski definition) is 5. The van der Waals surface area contributed by atoms with Gasteiger partial charge in [0.2, 0.25) is 0 Å². The topological polar surface area (TPSA) is 72.8 Å². The number of aliphatic hydroxyl groups is 1. The summed E-state index contributed by atoms with van der Waals surface area (Å²) in [6, 6.07) is 0. The van der Waals surface area contributed by atoms with Crippen molar-refractivity contribution in [2.45, 2.75) is 117 Å². The van der Waals surface area contributed by atoms with Gasteiger partial charge in [-0.1, -0.05) is 160 Å². The first-order valence-corrected chi connectivity index (χ1v) is 19.9. The number of carbonyl (C=O) groups is 2. The van der Waals surface area contributed by atoms with Crippen molar-refractivity contribution in [1.82, 2.24) is 0 Å². The molecule has 292 valence electrons. The summed E-state index contributed by atoms with van der Waals surface area (Å²) in [5, 5.41) is 9.60. The highest BCUT2D eigenvalue weighted by molar-refractivity contribution is 5.70. The maximum absolute atomic E-state index is 12.1. The van der Waals surface area contributed by atoms with E-state index >= 15 is 0 Å². The molecule has 0 radical (unpaired) electrons. The lowest BCUT2D eigenvalue weighted by atomic mass is 10.2. The van der Waals surface area contributed by atoms with Crippen LogP contribution in [0.4, 0.5) is 0 Å². The summed E-state index contributed by atoms with van der Waals surface area (Å²) in [5.74, 6) is -1.08. The molecular weight excluding hydrogens is 657 g/mol. The number of carbonyl (C=O) groups excluding carboxylic acids is 2. The minimum absolute atomic E-state index is 0.0273. The van der Waals surface area contributed by atoms with E-state index in [2.05, 4.69) is 135 Å². The molecule has 1 N–H and O–H groups in total. The fourth-order valence-electron chi connectivity index (χ4n) is 4.40. The van der Waals surface area contributed by atoms with Crippen molar-refractivity contribution in [2.75, 3.05) is 19.8 Å². The molecule has 0 aromatic heterocycles. The molecule has 0 spiro atoms. The van der Waals surface area contributed by atoms with Crippen LogP contribution in [0.15, 0.2) is 146 Å². The summed E-state index contributed by atoms with van der Waals surface area (Å²) in [5.41, 5.74) is 0. The van der Waals surface area contributed by atoms with E-state index in [1.807, 2.05) is 24.3 Å². The van der Waals surface area contributed by atoms with Gasteiger partial charge in [-0.25, -0.2) is 0 Å². The predicted molar refractivity (Wildman–Crippen MR) is 227 cm³/mol. The van der Waals surface area contributed by atoms with Crippen LogP contribution in [0.2, 0.25) is 0 Å². The van der Waals surface area contributed by atoms with Crippen molar-refractivity contribution in [2.24, 2.45) is 5.92 Å². The number of allylic oxidation sites excluding steroid dienone is 24. The van der Waals surface area contributed by atoms with Gasteiger partial charge in [-0.15, -0.1) is 0 Å². The first-order valence-electron chi connectivity index (χ1n) is 19.9. The maximum Gasteiger partial charge on any atom is 0.306 e. The second-order valence-electron chi connectivity index (χ2n) is 12.3. The summed E-state index contributed by atoms with van der Waals surface area (Å²) in [4.78, 5) is 24.2. The normalized spacial score (nSPS) is 13.3. The third-order valence-electron chi connectivity index (χ3n) is 7.44. The van der Waals surface area contributed by atoms with E-state index in [1.54, 1.807) is 0 Å². The van der Waals surface area contributed by atoms with Gasteiger partial charge in [0.25, 0.3) is 0 Å². The summed E-state index contributed by atoms with van der Waals surface area (Å²) in [7, 11) is 0. The summed E-state index contributed by atoms with van der Waals surface area (Å²) >= 11 is 0. The standard InChI is InChI=1S/C48H70O5/c1-3-5-7-9-11-13-15-17-19-21-23-25-27-29-31-33-35-37-39-41-47(50)52-44-46(43-49)45-53-48(51)42-40-38-36-34-32-30-28-26-24-22-20-18-16-14-12-10-8-6-4-2/h5-8,11-14,17-20,23-26,29-32,35-38,46,49H,3-4,9-10,15-16,21-22,27-28,33-34,39-45H2,1-2H3/b7-5-,8-6-,13-11-,14-12-,19-17-,20-18-,25-23-,26-24-,31-29-,32-30-,37-35-,38-36-. The smallest absolute Gasteiger partial charge is 0.306 e. The number of esters is 2. The van der Waals surface area contributed by atoms with Crippen molar-refractivity contribution in [3.8, 4) is 0 Å². The first kappa shape index (κ1) is 48.8. The molecule has 0 saturated heterocycles. The van der Waals surface area contributed by atoms with E-state index < -0.39 is 5.92 Å². The number of aliphatic hydroxyl groups excluding tert-OH is 1. The third-order valence-corrected chi connectivity index (χ3v) is 7.44. The Hall–Kier alpha value is -4.22. The second kappa shape index (κ2) is 42.2. The minimum atomic E-state index is -0.431. The lowest BCUT2D eigenvalue weighted by Crippen LogP contribution is -2.23. The average Bonchev–Trinajstić information content (AvgIpc) is 3.16. The van der Waals surface area contributed by atoms with E-state index in [0.717, 1.165) is 77.0 Å². The Morgan fingerprint density at radius 3 is 0.849 bits per heavy atom. The lowest BCUT2D eigenvalue weighted by Gasteiger charge is -2.14. The maximum atomic E-state index is 12.1. The van der Waals surface area contributed by atoms with Crippen molar-refractivity contribution in [3.63, 3.8) is 0 Å². The van der Waals surface area contributed by atoms with E-state index in [1.165, 1.54) is 0 Å². The van der Waals surface area contributed by atoms with Gasteiger partial charge in [-0.2, -0.15) is 0 Å². The number of hydrogen-bond donors (Lipinski definition) is 1. The lowest BCUT2D eigenvalue weighted by molar-refractivity contribution is -0.149.